The van der Waals surface area contributed by atoms with Crippen LogP contribution in [0.4, 0.5) is 0 Å². The van der Waals surface area contributed by atoms with Crippen LogP contribution in [0, 0.1) is 16.7 Å². The number of amides is 1. The first-order valence-electron chi connectivity index (χ1n) is 3.26. The molecule has 0 fully saturated rings. The fraction of sp³-hybridized carbons (Fsp3) is 0.714. The van der Waals surface area contributed by atoms with Crippen LogP contribution in [0.3, 0.4) is 0 Å². The number of nitrogens with zero attached hydrogens (tertiary/aromatic N) is 1. The molecule has 0 aromatic rings. The van der Waals surface area contributed by atoms with Crippen LogP contribution in [0.2, 0.25) is 0 Å². The van der Waals surface area contributed by atoms with Gasteiger partial charge in [-0.1, -0.05) is 15.9 Å². The van der Waals surface area contributed by atoms with Crippen molar-refractivity contribution in [3.63, 3.8) is 0 Å². The number of alkyl halides is 1. The summed E-state index contributed by atoms with van der Waals surface area (Å²) < 4.78 is 0. The third-order valence-corrected chi connectivity index (χ3v) is 1.66. The Labute approximate surface area is 74.9 Å². The van der Waals surface area contributed by atoms with E-state index >= 15 is 0 Å². The van der Waals surface area contributed by atoms with Gasteiger partial charge in [0, 0.05) is 6.54 Å². The first-order chi connectivity index (χ1) is 5.02. The van der Waals surface area contributed by atoms with Crippen molar-refractivity contribution in [2.45, 2.75) is 13.8 Å². The van der Waals surface area contributed by atoms with E-state index in [1.54, 1.807) is 13.8 Å². The summed E-state index contributed by atoms with van der Waals surface area (Å²) in [6, 6.07) is 2.09. The third-order valence-electron chi connectivity index (χ3n) is 1.15. The lowest BCUT2D eigenvalue weighted by Gasteiger charge is -2.14. The fourth-order valence-electron chi connectivity index (χ4n) is 0.406. The first-order valence-corrected chi connectivity index (χ1v) is 4.38. The highest BCUT2D eigenvalue weighted by molar-refractivity contribution is 9.09. The van der Waals surface area contributed by atoms with Crippen LogP contribution < -0.4 is 5.32 Å². The van der Waals surface area contributed by atoms with Crippen molar-refractivity contribution >= 4 is 21.8 Å². The Morgan fingerprint density at radius 1 is 1.73 bits per heavy atom. The number of halogens is 1. The fourth-order valence-corrected chi connectivity index (χ4v) is 0.605. The molecule has 0 heterocycles. The number of hydrogen-bond acceptors (Lipinski definition) is 2. The molecule has 62 valence electrons. The number of nitrogens with one attached hydrogen (secondary N) is 1. The van der Waals surface area contributed by atoms with E-state index in [0.717, 1.165) is 0 Å². The smallest absolute Gasteiger partial charge is 0.230 e. The zero-order chi connectivity index (χ0) is 8.91. The van der Waals surface area contributed by atoms with Gasteiger partial charge in [0.15, 0.2) is 0 Å². The first kappa shape index (κ1) is 10.4. The van der Waals surface area contributed by atoms with E-state index in [1.165, 1.54) is 0 Å². The van der Waals surface area contributed by atoms with Gasteiger partial charge in [0.2, 0.25) is 5.91 Å². The Morgan fingerprint density at radius 3 is 2.64 bits per heavy atom. The molecule has 0 saturated heterocycles. The van der Waals surface area contributed by atoms with Gasteiger partial charge in [-0.3, -0.25) is 4.79 Å². The van der Waals surface area contributed by atoms with Crippen LogP contribution >= 0.6 is 15.9 Å². The summed E-state index contributed by atoms with van der Waals surface area (Å²) in [4.78, 5) is 10.7. The molecule has 3 nitrogen and oxygen atoms in total. The number of nitriles is 1. The molecule has 0 aromatic carbocycles. The van der Waals surface area contributed by atoms with E-state index in [4.69, 9.17) is 5.26 Å². The Morgan fingerprint density at radius 2 is 2.27 bits per heavy atom. The van der Waals surface area contributed by atoms with Crippen LogP contribution in [0.15, 0.2) is 0 Å². The number of carbonyl (C=O) groups excluding carboxylic acids is 1. The van der Waals surface area contributed by atoms with Gasteiger partial charge < -0.3 is 5.32 Å². The largest absolute Gasteiger partial charge is 0.354 e. The van der Waals surface area contributed by atoms with Gasteiger partial charge in [0.05, 0.1) is 16.8 Å². The average molecular weight is 219 g/mol. The molecule has 0 saturated carbocycles. The monoisotopic (exact) mass is 218 g/mol. The van der Waals surface area contributed by atoms with Gasteiger partial charge in [0.25, 0.3) is 0 Å². The van der Waals surface area contributed by atoms with Crippen LogP contribution in [-0.2, 0) is 4.79 Å². The number of carbonyl (C=O) groups is 1. The highest BCUT2D eigenvalue weighted by atomic mass is 79.9. The van der Waals surface area contributed by atoms with Crippen LogP contribution in [0.1, 0.15) is 13.8 Å². The zero-order valence-electron chi connectivity index (χ0n) is 6.65. The van der Waals surface area contributed by atoms with Gasteiger partial charge in [-0.15, -0.1) is 0 Å². The van der Waals surface area contributed by atoms with Crippen LogP contribution in [0.5, 0.6) is 0 Å². The summed E-state index contributed by atoms with van der Waals surface area (Å²) in [5.74, 6) is -0.0895. The van der Waals surface area contributed by atoms with E-state index in [1.807, 2.05) is 0 Å². The Hall–Kier alpha value is -0.560. The minimum absolute atomic E-state index is 0.0895. The second kappa shape index (κ2) is 4.35. The Bertz CT molecular complexity index is 183. The maximum Gasteiger partial charge on any atom is 0.230 e. The zero-order valence-corrected chi connectivity index (χ0v) is 8.23. The lowest BCUT2D eigenvalue weighted by atomic mass is 9.96. The second-order valence-corrected chi connectivity index (χ2v) is 3.47. The van der Waals surface area contributed by atoms with Crippen molar-refractivity contribution in [2.24, 2.45) is 5.41 Å². The quantitative estimate of drug-likeness (QED) is 0.721. The van der Waals surface area contributed by atoms with Crippen molar-refractivity contribution in [1.82, 2.24) is 5.32 Å². The maximum absolute atomic E-state index is 10.7. The molecule has 0 aliphatic rings. The van der Waals surface area contributed by atoms with E-state index in [9.17, 15) is 4.79 Å². The van der Waals surface area contributed by atoms with Gasteiger partial charge in [-0.25, -0.2) is 0 Å². The van der Waals surface area contributed by atoms with Crippen molar-refractivity contribution in [1.29, 1.82) is 5.26 Å². The van der Waals surface area contributed by atoms with E-state index in [0.29, 0.717) is 6.54 Å². The predicted octanol–water partition coefficient (Wildman–Crippen LogP) is 1.05. The molecule has 0 spiro atoms. The molecule has 0 bridgehead atoms. The molecule has 1 N–H and O–H groups in total. The Balaban J connectivity index is 3.72. The SMILES string of the molecule is CC(C)(C#N)CNC(=O)CBr. The minimum atomic E-state index is -0.474. The summed E-state index contributed by atoms with van der Waals surface area (Å²) in [6.45, 7) is 3.96. The lowest BCUT2D eigenvalue weighted by Crippen LogP contribution is -2.33. The summed E-state index contributed by atoms with van der Waals surface area (Å²) >= 11 is 3.01. The normalized spacial score (nSPS) is 10.4. The van der Waals surface area contributed by atoms with E-state index in [-0.39, 0.29) is 11.2 Å². The molecule has 0 aliphatic heterocycles. The molecule has 1 amide bonds. The molecular weight excluding hydrogens is 208 g/mol. The number of rotatable bonds is 3. The molecule has 0 radical (unpaired) electrons. The van der Waals surface area contributed by atoms with Gasteiger partial charge in [0.1, 0.15) is 0 Å². The second-order valence-electron chi connectivity index (χ2n) is 2.91. The molecule has 11 heavy (non-hydrogen) atoms. The molecule has 4 heteroatoms. The standard InChI is InChI=1S/C7H11BrN2O/c1-7(2,4-9)5-10-6(11)3-8/h3,5H2,1-2H3,(H,10,11). The number of hydrogen-bond donors (Lipinski definition) is 1. The van der Waals surface area contributed by atoms with Gasteiger partial charge in [-0.2, -0.15) is 5.26 Å². The minimum Gasteiger partial charge on any atom is -0.354 e. The predicted molar refractivity (Wildman–Crippen MR) is 46.2 cm³/mol. The highest BCUT2D eigenvalue weighted by Crippen LogP contribution is 2.10. The topological polar surface area (TPSA) is 52.9 Å². The molecule has 0 aliphatic carbocycles. The lowest BCUT2D eigenvalue weighted by molar-refractivity contribution is -0.118. The molecule has 0 rings (SSSR count). The van der Waals surface area contributed by atoms with Gasteiger partial charge >= 0.3 is 0 Å². The Kier molecular flexibility index (Phi) is 4.12. The maximum atomic E-state index is 10.7. The third kappa shape index (κ3) is 4.79. The van der Waals surface area contributed by atoms with Crippen molar-refractivity contribution in [2.75, 3.05) is 11.9 Å². The average Bonchev–Trinajstić information content (AvgIpc) is 2.00. The molecule has 0 unspecified atom stereocenters. The molecular formula is C7H11BrN2O. The van der Waals surface area contributed by atoms with Gasteiger partial charge in [-0.05, 0) is 13.8 Å². The molecule has 0 aromatic heterocycles. The van der Waals surface area contributed by atoms with Crippen molar-refractivity contribution in [3.8, 4) is 6.07 Å². The summed E-state index contributed by atoms with van der Waals surface area (Å²) in [7, 11) is 0. The summed E-state index contributed by atoms with van der Waals surface area (Å²) in [5, 5.41) is 11.5. The van der Waals surface area contributed by atoms with Crippen LogP contribution in [0.25, 0.3) is 0 Å². The summed E-state index contributed by atoms with van der Waals surface area (Å²) in [6.07, 6.45) is 0. The highest BCUT2D eigenvalue weighted by Gasteiger charge is 2.16. The summed E-state index contributed by atoms with van der Waals surface area (Å²) in [5.41, 5.74) is -0.474. The van der Waals surface area contributed by atoms with Crippen LogP contribution in [-0.4, -0.2) is 17.8 Å². The van der Waals surface area contributed by atoms with Crippen molar-refractivity contribution in [3.05, 3.63) is 0 Å². The molecule has 0 atom stereocenters. The van der Waals surface area contributed by atoms with E-state index < -0.39 is 5.41 Å². The van der Waals surface area contributed by atoms with E-state index in [2.05, 4.69) is 27.3 Å². The van der Waals surface area contributed by atoms with Crippen molar-refractivity contribution < 1.29 is 4.79 Å².